The van der Waals surface area contributed by atoms with E-state index in [-0.39, 0.29) is 11.8 Å². The van der Waals surface area contributed by atoms with Crippen molar-refractivity contribution in [1.29, 1.82) is 0 Å². The number of imidazole rings is 1. The van der Waals surface area contributed by atoms with E-state index in [0.29, 0.717) is 6.42 Å². The highest BCUT2D eigenvalue weighted by atomic mass is 16.3. The second-order valence-electron chi connectivity index (χ2n) is 6.85. The van der Waals surface area contributed by atoms with Crippen molar-refractivity contribution in [1.82, 2.24) is 14.5 Å². The molecule has 1 N–H and O–H groups in total. The number of amides is 1. The van der Waals surface area contributed by atoms with Crippen molar-refractivity contribution in [2.45, 2.75) is 45.3 Å². The lowest BCUT2D eigenvalue weighted by Crippen LogP contribution is -2.39. The van der Waals surface area contributed by atoms with Crippen molar-refractivity contribution in [3.63, 3.8) is 0 Å². The Morgan fingerprint density at radius 1 is 1.28 bits per heavy atom. The molecule has 134 valence electrons. The number of hydrogen-bond acceptors (Lipinski definition) is 3. The minimum absolute atomic E-state index is 0.227. The van der Waals surface area contributed by atoms with Gasteiger partial charge in [0.25, 0.3) is 0 Å². The number of rotatable bonds is 6. The molecule has 1 amide bonds. The van der Waals surface area contributed by atoms with Gasteiger partial charge in [-0.05, 0) is 37.7 Å². The van der Waals surface area contributed by atoms with Crippen LogP contribution in [0.1, 0.15) is 43.2 Å². The minimum Gasteiger partial charge on any atom is -0.388 e. The largest absolute Gasteiger partial charge is 0.388 e. The molecule has 1 aliphatic heterocycles. The summed E-state index contributed by atoms with van der Waals surface area (Å²) >= 11 is 0. The molecule has 5 heteroatoms. The third kappa shape index (κ3) is 4.48. The molecule has 3 rings (SSSR count). The van der Waals surface area contributed by atoms with Gasteiger partial charge in [-0.15, -0.1) is 0 Å². The maximum absolute atomic E-state index is 12.4. The van der Waals surface area contributed by atoms with Gasteiger partial charge in [0.1, 0.15) is 5.82 Å². The van der Waals surface area contributed by atoms with E-state index < -0.39 is 6.10 Å². The van der Waals surface area contributed by atoms with Gasteiger partial charge < -0.3 is 14.6 Å². The number of carbonyl (C=O) groups excluding carboxylic acids is 1. The van der Waals surface area contributed by atoms with Crippen molar-refractivity contribution < 1.29 is 9.90 Å². The molecule has 1 aromatic heterocycles. The highest BCUT2D eigenvalue weighted by molar-refractivity contribution is 5.76. The van der Waals surface area contributed by atoms with Crippen LogP contribution in [0, 0.1) is 12.8 Å². The Morgan fingerprint density at radius 2 is 2.00 bits per heavy atom. The van der Waals surface area contributed by atoms with Gasteiger partial charge in [0.05, 0.1) is 6.10 Å². The zero-order valence-corrected chi connectivity index (χ0v) is 14.8. The minimum atomic E-state index is -0.428. The average Bonchev–Trinajstić information content (AvgIpc) is 3.07. The lowest BCUT2D eigenvalue weighted by molar-refractivity contribution is -0.133. The highest BCUT2D eigenvalue weighted by Gasteiger charge is 2.27. The Bertz CT molecular complexity index is 675. The number of nitrogens with zero attached hydrogens (tertiary/aromatic N) is 3. The van der Waals surface area contributed by atoms with Gasteiger partial charge in [-0.1, -0.05) is 30.3 Å². The van der Waals surface area contributed by atoms with Crippen molar-refractivity contribution in [2.75, 3.05) is 13.1 Å². The van der Waals surface area contributed by atoms with E-state index in [2.05, 4.69) is 9.55 Å². The number of aliphatic hydroxyl groups excluding tert-OH is 1. The lowest BCUT2D eigenvalue weighted by Gasteiger charge is -2.34. The Morgan fingerprint density at radius 3 is 2.64 bits per heavy atom. The molecule has 2 aromatic rings. The molecule has 1 atom stereocenters. The van der Waals surface area contributed by atoms with Gasteiger partial charge in [0, 0.05) is 38.4 Å². The van der Waals surface area contributed by atoms with Crippen LogP contribution >= 0.6 is 0 Å². The first kappa shape index (κ1) is 17.7. The third-order valence-electron chi connectivity index (χ3n) is 5.19. The van der Waals surface area contributed by atoms with Crippen molar-refractivity contribution in [2.24, 2.45) is 5.92 Å². The first-order valence-corrected chi connectivity index (χ1v) is 9.13. The Labute approximate surface area is 149 Å². The summed E-state index contributed by atoms with van der Waals surface area (Å²) in [5.41, 5.74) is 0.975. The number of aryl methyl sites for hydroxylation is 2. The molecule has 1 saturated heterocycles. The van der Waals surface area contributed by atoms with E-state index in [9.17, 15) is 9.90 Å². The van der Waals surface area contributed by atoms with Gasteiger partial charge >= 0.3 is 0 Å². The molecule has 0 bridgehead atoms. The molecule has 0 saturated carbocycles. The molecule has 25 heavy (non-hydrogen) atoms. The van der Waals surface area contributed by atoms with Crippen molar-refractivity contribution in [3.8, 4) is 0 Å². The third-order valence-corrected chi connectivity index (χ3v) is 5.19. The predicted octanol–water partition coefficient (Wildman–Crippen LogP) is 2.94. The van der Waals surface area contributed by atoms with E-state index in [1.165, 1.54) is 0 Å². The smallest absolute Gasteiger partial charge is 0.222 e. The summed E-state index contributed by atoms with van der Waals surface area (Å²) in [5.74, 6) is 1.45. The fourth-order valence-electron chi connectivity index (χ4n) is 3.59. The number of piperidine rings is 1. The quantitative estimate of drug-likeness (QED) is 0.879. The van der Waals surface area contributed by atoms with E-state index in [1.807, 2.05) is 48.4 Å². The molecule has 2 heterocycles. The summed E-state index contributed by atoms with van der Waals surface area (Å²) in [5, 5.41) is 10.5. The summed E-state index contributed by atoms with van der Waals surface area (Å²) in [6.07, 6.45) is 6.45. The Balaban J connectivity index is 1.42. The molecular weight excluding hydrogens is 314 g/mol. The topological polar surface area (TPSA) is 58.4 Å². The van der Waals surface area contributed by atoms with Gasteiger partial charge in [0.2, 0.25) is 5.91 Å². The van der Waals surface area contributed by atoms with Crippen LogP contribution in [0.25, 0.3) is 0 Å². The van der Waals surface area contributed by atoms with Crippen LogP contribution in [0.4, 0.5) is 0 Å². The summed E-state index contributed by atoms with van der Waals surface area (Å²) in [7, 11) is 0. The van der Waals surface area contributed by atoms with Crippen LogP contribution in [-0.4, -0.2) is 38.6 Å². The van der Waals surface area contributed by atoms with Gasteiger partial charge in [-0.25, -0.2) is 4.98 Å². The Hall–Kier alpha value is -2.14. The monoisotopic (exact) mass is 341 g/mol. The summed E-state index contributed by atoms with van der Waals surface area (Å²) in [4.78, 5) is 18.5. The van der Waals surface area contributed by atoms with Crippen LogP contribution < -0.4 is 0 Å². The predicted molar refractivity (Wildman–Crippen MR) is 96.9 cm³/mol. The molecule has 0 radical (unpaired) electrons. The maximum atomic E-state index is 12.4. The Kier molecular flexibility index (Phi) is 5.87. The number of hydrogen-bond donors (Lipinski definition) is 1. The zero-order valence-electron chi connectivity index (χ0n) is 14.8. The second kappa shape index (κ2) is 8.30. The summed E-state index contributed by atoms with van der Waals surface area (Å²) in [6.45, 7) is 4.31. The van der Waals surface area contributed by atoms with Crippen molar-refractivity contribution in [3.05, 3.63) is 54.1 Å². The van der Waals surface area contributed by atoms with Crippen LogP contribution in [0.2, 0.25) is 0 Å². The van der Waals surface area contributed by atoms with Crippen LogP contribution in [0.15, 0.2) is 42.7 Å². The number of likely N-dealkylation sites (tertiary alicyclic amines) is 1. The van der Waals surface area contributed by atoms with Gasteiger partial charge in [0.15, 0.2) is 0 Å². The van der Waals surface area contributed by atoms with Crippen LogP contribution in [-0.2, 0) is 11.3 Å². The fraction of sp³-hybridized carbons (Fsp3) is 0.500. The summed E-state index contributed by atoms with van der Waals surface area (Å²) in [6, 6.07) is 9.82. The maximum Gasteiger partial charge on any atom is 0.222 e. The summed E-state index contributed by atoms with van der Waals surface area (Å²) < 4.78 is 2.08. The molecule has 0 spiro atoms. The number of aliphatic hydroxyl groups is 1. The molecule has 1 aliphatic rings. The van der Waals surface area contributed by atoms with Crippen LogP contribution in [0.3, 0.4) is 0 Å². The van der Waals surface area contributed by atoms with E-state index >= 15 is 0 Å². The molecule has 5 nitrogen and oxygen atoms in total. The normalized spacial score (nSPS) is 16.8. The number of benzene rings is 1. The molecule has 1 aromatic carbocycles. The molecular formula is C20H27N3O2. The highest BCUT2D eigenvalue weighted by Crippen LogP contribution is 2.30. The molecule has 1 fully saturated rings. The van der Waals surface area contributed by atoms with Gasteiger partial charge in [-0.2, -0.15) is 0 Å². The average molecular weight is 341 g/mol. The molecule has 0 aliphatic carbocycles. The van der Waals surface area contributed by atoms with E-state index in [1.54, 1.807) is 6.20 Å². The lowest BCUT2D eigenvalue weighted by atomic mass is 9.87. The van der Waals surface area contributed by atoms with E-state index in [0.717, 1.165) is 50.3 Å². The first-order valence-electron chi connectivity index (χ1n) is 9.13. The second-order valence-corrected chi connectivity index (χ2v) is 6.85. The van der Waals surface area contributed by atoms with E-state index in [4.69, 9.17) is 0 Å². The SMILES string of the molecule is Cc1nccn1CCCC(=O)N1CCC(C(O)c2ccccc2)CC1. The fourth-order valence-corrected chi connectivity index (χ4v) is 3.59. The zero-order chi connectivity index (χ0) is 17.6. The number of aromatic nitrogens is 2. The molecule has 1 unspecified atom stereocenters. The van der Waals surface area contributed by atoms with Crippen LogP contribution in [0.5, 0.6) is 0 Å². The number of carbonyl (C=O) groups is 1. The first-order chi connectivity index (χ1) is 12.1. The van der Waals surface area contributed by atoms with Gasteiger partial charge in [-0.3, -0.25) is 4.79 Å². The van der Waals surface area contributed by atoms with Crippen molar-refractivity contribution >= 4 is 5.91 Å². The standard InChI is InChI=1S/C20H27N3O2/c1-16-21-11-15-22(16)12-5-8-19(24)23-13-9-18(10-14-23)20(25)17-6-3-2-4-7-17/h2-4,6-7,11,15,18,20,25H,5,8-10,12-14H2,1H3.